The molecular weight excluding hydrogens is 489 g/mol. The minimum absolute atomic E-state index is 0. The lowest BCUT2D eigenvalue weighted by Gasteiger charge is -2.24. The van der Waals surface area contributed by atoms with Gasteiger partial charge >= 0.3 is 0 Å². The molecule has 1 saturated carbocycles. The molecule has 0 bridgehead atoms. The van der Waals surface area contributed by atoms with Crippen LogP contribution in [0.25, 0.3) is 0 Å². The minimum Gasteiger partial charge on any atom is -0.355 e. The molecule has 2 fully saturated rings. The summed E-state index contributed by atoms with van der Waals surface area (Å²) in [4.78, 5) is 19.1. The van der Waals surface area contributed by atoms with Crippen molar-refractivity contribution in [1.29, 1.82) is 0 Å². The molecule has 6 nitrogen and oxygen atoms in total. The highest BCUT2D eigenvalue weighted by molar-refractivity contribution is 14.0. The first-order valence-electron chi connectivity index (χ1n) is 9.91. The van der Waals surface area contributed by atoms with E-state index in [9.17, 15) is 4.79 Å². The number of rotatable bonds is 6. The highest BCUT2D eigenvalue weighted by Crippen LogP contribution is 2.26. The number of halogens is 2. The van der Waals surface area contributed by atoms with Gasteiger partial charge in [-0.05, 0) is 31.4 Å². The summed E-state index contributed by atoms with van der Waals surface area (Å²) < 4.78 is 0. The van der Waals surface area contributed by atoms with E-state index in [0.717, 1.165) is 25.0 Å². The lowest BCUT2D eigenvalue weighted by Crippen LogP contribution is -2.47. The maximum atomic E-state index is 12.1. The third-order valence-electron chi connectivity index (χ3n) is 5.45. The molecule has 8 heteroatoms. The Hall–Kier alpha value is -1.06. The molecule has 0 radical (unpaired) electrons. The molecule has 156 valence electrons. The van der Waals surface area contributed by atoms with Crippen molar-refractivity contribution in [2.75, 3.05) is 33.2 Å². The number of aliphatic imine (C=N–C) groups is 1. The van der Waals surface area contributed by atoms with Crippen molar-refractivity contribution in [2.45, 2.75) is 44.2 Å². The van der Waals surface area contributed by atoms with Gasteiger partial charge in [0.15, 0.2) is 5.96 Å². The summed E-state index contributed by atoms with van der Waals surface area (Å²) in [5.74, 6) is 0.633. The van der Waals surface area contributed by atoms with E-state index in [1.54, 1.807) is 25.2 Å². The lowest BCUT2D eigenvalue weighted by atomic mass is 10.2. The lowest BCUT2D eigenvalue weighted by molar-refractivity contribution is 0.0954. The number of likely N-dealkylation sites (tertiary alicyclic amines) is 1. The fourth-order valence-electron chi connectivity index (χ4n) is 3.99. The number of carbonyl (C=O) groups is 1. The van der Waals surface area contributed by atoms with Crippen molar-refractivity contribution in [3.8, 4) is 0 Å². The van der Waals surface area contributed by atoms with Crippen LogP contribution in [0.2, 0.25) is 5.02 Å². The van der Waals surface area contributed by atoms with E-state index in [-0.39, 0.29) is 29.9 Å². The number of nitrogens with zero attached hydrogens (tertiary/aromatic N) is 2. The van der Waals surface area contributed by atoms with Crippen molar-refractivity contribution in [1.82, 2.24) is 20.9 Å². The Bertz CT molecular complexity index is 666. The van der Waals surface area contributed by atoms with Crippen LogP contribution in [0.4, 0.5) is 0 Å². The standard InChI is InChI=1S/C20H30ClN5O.HI/c1-22-20(25-15-10-13-26(14-15)16-6-2-3-7-16)24-12-11-23-19(27)17-8-4-5-9-18(17)21;/h4-5,8-9,15-16H,2-3,6-7,10-14H2,1H3,(H,23,27)(H2,22,24,25);1H. The van der Waals surface area contributed by atoms with E-state index in [1.807, 2.05) is 6.07 Å². The first kappa shape index (κ1) is 23.2. The number of hydrogen-bond acceptors (Lipinski definition) is 3. The smallest absolute Gasteiger partial charge is 0.252 e. The summed E-state index contributed by atoms with van der Waals surface area (Å²) in [6.07, 6.45) is 6.61. The van der Waals surface area contributed by atoms with Crippen molar-refractivity contribution < 1.29 is 4.79 Å². The van der Waals surface area contributed by atoms with Gasteiger partial charge in [-0.3, -0.25) is 14.7 Å². The second kappa shape index (κ2) is 11.8. The van der Waals surface area contributed by atoms with Crippen molar-refractivity contribution >= 4 is 47.4 Å². The van der Waals surface area contributed by atoms with Crippen LogP contribution in [0, 0.1) is 0 Å². The number of amides is 1. The third-order valence-corrected chi connectivity index (χ3v) is 5.78. The molecule has 28 heavy (non-hydrogen) atoms. The van der Waals surface area contributed by atoms with Crippen LogP contribution in [0.1, 0.15) is 42.5 Å². The first-order valence-corrected chi connectivity index (χ1v) is 10.3. The van der Waals surface area contributed by atoms with E-state index < -0.39 is 0 Å². The summed E-state index contributed by atoms with van der Waals surface area (Å²) in [6.45, 7) is 3.38. The average molecular weight is 520 g/mol. The monoisotopic (exact) mass is 519 g/mol. The van der Waals surface area contributed by atoms with Crippen molar-refractivity contribution in [3.05, 3.63) is 34.9 Å². The molecule has 1 aromatic carbocycles. The number of guanidine groups is 1. The van der Waals surface area contributed by atoms with E-state index in [0.29, 0.717) is 29.7 Å². The maximum absolute atomic E-state index is 12.1. The van der Waals surface area contributed by atoms with Gasteiger partial charge in [-0.1, -0.05) is 36.6 Å². The topological polar surface area (TPSA) is 68.8 Å². The van der Waals surface area contributed by atoms with Gasteiger partial charge in [-0.15, -0.1) is 24.0 Å². The predicted molar refractivity (Wildman–Crippen MR) is 126 cm³/mol. The highest BCUT2D eigenvalue weighted by atomic mass is 127. The van der Waals surface area contributed by atoms with Gasteiger partial charge < -0.3 is 16.0 Å². The van der Waals surface area contributed by atoms with Crippen LogP contribution in [-0.4, -0.2) is 62.1 Å². The van der Waals surface area contributed by atoms with Crippen LogP contribution in [0.3, 0.4) is 0 Å². The number of benzene rings is 1. The molecule has 1 aromatic rings. The molecule has 1 saturated heterocycles. The molecule has 0 aromatic heterocycles. The second-order valence-corrected chi connectivity index (χ2v) is 7.71. The molecule has 0 spiro atoms. The van der Waals surface area contributed by atoms with E-state index in [1.165, 1.54) is 32.2 Å². The Morgan fingerprint density at radius 3 is 2.61 bits per heavy atom. The first-order chi connectivity index (χ1) is 13.2. The zero-order valence-corrected chi connectivity index (χ0v) is 19.5. The fourth-order valence-corrected chi connectivity index (χ4v) is 4.21. The van der Waals surface area contributed by atoms with E-state index in [2.05, 4.69) is 25.8 Å². The van der Waals surface area contributed by atoms with Crippen molar-refractivity contribution in [2.24, 2.45) is 4.99 Å². The molecule has 1 aliphatic carbocycles. The SMILES string of the molecule is CN=C(NCCNC(=O)c1ccccc1Cl)NC1CCN(C2CCCC2)C1.I. The molecule has 1 aliphatic heterocycles. The van der Waals surface area contributed by atoms with Crippen LogP contribution in [0.15, 0.2) is 29.3 Å². The molecular formula is C20H31ClIN5O. The van der Waals surface area contributed by atoms with Gasteiger partial charge in [0.05, 0.1) is 10.6 Å². The second-order valence-electron chi connectivity index (χ2n) is 7.30. The Morgan fingerprint density at radius 1 is 1.18 bits per heavy atom. The third kappa shape index (κ3) is 6.49. The van der Waals surface area contributed by atoms with Gasteiger partial charge in [0, 0.05) is 45.3 Å². The summed E-state index contributed by atoms with van der Waals surface area (Å²) in [5, 5.41) is 10.1. The van der Waals surface area contributed by atoms with Crippen molar-refractivity contribution in [3.63, 3.8) is 0 Å². The predicted octanol–water partition coefficient (Wildman–Crippen LogP) is 2.87. The number of hydrogen-bond donors (Lipinski definition) is 3. The summed E-state index contributed by atoms with van der Waals surface area (Å²) >= 11 is 6.05. The van der Waals surface area contributed by atoms with E-state index >= 15 is 0 Å². The molecule has 3 rings (SSSR count). The maximum Gasteiger partial charge on any atom is 0.252 e. The van der Waals surface area contributed by atoms with Gasteiger partial charge in [0.25, 0.3) is 5.91 Å². The summed E-state index contributed by atoms with van der Waals surface area (Å²) in [7, 11) is 1.78. The minimum atomic E-state index is -0.159. The van der Waals surface area contributed by atoms with Crippen LogP contribution < -0.4 is 16.0 Å². The molecule has 1 heterocycles. The zero-order valence-electron chi connectivity index (χ0n) is 16.4. The fraction of sp³-hybridized carbons (Fsp3) is 0.600. The molecule has 2 aliphatic rings. The zero-order chi connectivity index (χ0) is 19.1. The summed E-state index contributed by atoms with van der Waals surface area (Å²) in [5.41, 5.74) is 0.500. The quantitative estimate of drug-likeness (QED) is 0.234. The van der Waals surface area contributed by atoms with E-state index in [4.69, 9.17) is 11.6 Å². The average Bonchev–Trinajstić information content (AvgIpc) is 3.36. The molecule has 1 amide bonds. The van der Waals surface area contributed by atoms with Crippen LogP contribution >= 0.6 is 35.6 Å². The molecule has 1 atom stereocenters. The van der Waals surface area contributed by atoms with Gasteiger partial charge in [0.1, 0.15) is 0 Å². The Balaban J connectivity index is 0.00000280. The Labute approximate surface area is 189 Å². The van der Waals surface area contributed by atoms with Crippen LogP contribution in [-0.2, 0) is 0 Å². The van der Waals surface area contributed by atoms with Gasteiger partial charge in [-0.2, -0.15) is 0 Å². The Kier molecular flexibility index (Phi) is 9.81. The Morgan fingerprint density at radius 2 is 1.89 bits per heavy atom. The van der Waals surface area contributed by atoms with Gasteiger partial charge in [-0.25, -0.2) is 0 Å². The summed E-state index contributed by atoms with van der Waals surface area (Å²) in [6, 6.07) is 8.29. The molecule has 3 N–H and O–H groups in total. The number of carbonyl (C=O) groups excluding carboxylic acids is 1. The highest BCUT2D eigenvalue weighted by Gasteiger charge is 2.30. The molecule has 1 unspecified atom stereocenters. The normalized spacial score (nSPS) is 20.6. The van der Waals surface area contributed by atoms with Gasteiger partial charge in [0.2, 0.25) is 0 Å². The largest absolute Gasteiger partial charge is 0.355 e. The van der Waals surface area contributed by atoms with Crippen LogP contribution in [0.5, 0.6) is 0 Å². The number of nitrogens with one attached hydrogen (secondary N) is 3.